The van der Waals surface area contributed by atoms with Crippen LogP contribution >= 0.6 is 0 Å². The van der Waals surface area contributed by atoms with E-state index in [2.05, 4.69) is 118 Å². The van der Waals surface area contributed by atoms with Crippen LogP contribution in [-0.4, -0.2) is 37.2 Å². The minimum Gasteiger partial charge on any atom is -0.462 e. The lowest BCUT2D eigenvalue weighted by Crippen LogP contribution is -2.30. The van der Waals surface area contributed by atoms with E-state index in [1.54, 1.807) is 0 Å². The molecule has 0 aromatic rings. The second kappa shape index (κ2) is 60.9. The summed E-state index contributed by atoms with van der Waals surface area (Å²) in [5.74, 6) is -0.895. The molecule has 6 heteroatoms. The molecule has 0 aromatic heterocycles. The van der Waals surface area contributed by atoms with Crippen molar-refractivity contribution in [3.63, 3.8) is 0 Å². The van der Waals surface area contributed by atoms with Gasteiger partial charge in [-0.3, -0.25) is 14.4 Å². The Labute approximate surface area is 451 Å². The van der Waals surface area contributed by atoms with Crippen molar-refractivity contribution in [2.75, 3.05) is 13.2 Å². The number of rotatable bonds is 55. The fourth-order valence-electron chi connectivity index (χ4n) is 8.48. The van der Waals surface area contributed by atoms with E-state index >= 15 is 0 Å². The van der Waals surface area contributed by atoms with Crippen LogP contribution < -0.4 is 0 Å². The van der Waals surface area contributed by atoms with Gasteiger partial charge in [0.25, 0.3) is 0 Å². The molecule has 73 heavy (non-hydrogen) atoms. The predicted molar refractivity (Wildman–Crippen MR) is 316 cm³/mol. The van der Waals surface area contributed by atoms with Crippen LogP contribution in [0.3, 0.4) is 0 Å². The molecular weight excluding hydrogens is 901 g/mol. The second-order valence-electron chi connectivity index (χ2n) is 20.2. The number of hydrogen-bond acceptors (Lipinski definition) is 6. The van der Waals surface area contributed by atoms with Crippen molar-refractivity contribution >= 4 is 17.9 Å². The maximum Gasteiger partial charge on any atom is 0.306 e. The van der Waals surface area contributed by atoms with Crippen molar-refractivity contribution in [2.45, 2.75) is 297 Å². The number of ether oxygens (including phenoxy) is 3. The monoisotopic (exact) mass is 1010 g/mol. The third kappa shape index (κ3) is 59.1. The molecule has 0 N–H and O–H groups in total. The van der Waals surface area contributed by atoms with Crippen molar-refractivity contribution < 1.29 is 28.6 Å². The Balaban J connectivity index is 4.06. The van der Waals surface area contributed by atoms with Crippen LogP contribution in [0.4, 0.5) is 0 Å². The van der Waals surface area contributed by atoms with E-state index < -0.39 is 6.10 Å². The summed E-state index contributed by atoms with van der Waals surface area (Å²) in [4.78, 5) is 37.9. The Kier molecular flexibility index (Phi) is 57.8. The molecule has 0 aliphatic carbocycles. The summed E-state index contributed by atoms with van der Waals surface area (Å²) in [7, 11) is 0. The Morgan fingerprint density at radius 3 is 0.849 bits per heavy atom. The van der Waals surface area contributed by atoms with Gasteiger partial charge in [-0.2, -0.15) is 0 Å². The molecule has 0 spiro atoms. The Bertz CT molecular complexity index is 1440. The van der Waals surface area contributed by atoms with Crippen LogP contribution in [0.1, 0.15) is 290 Å². The van der Waals surface area contributed by atoms with Gasteiger partial charge in [0.1, 0.15) is 13.2 Å². The molecule has 0 aliphatic heterocycles. The molecular formula is C67H114O6. The lowest BCUT2D eigenvalue weighted by Gasteiger charge is -2.18. The van der Waals surface area contributed by atoms with E-state index in [1.165, 1.54) is 135 Å². The smallest absolute Gasteiger partial charge is 0.306 e. The molecule has 0 aromatic carbocycles. The number of unbranched alkanes of at least 4 members (excludes halogenated alkanes) is 28. The van der Waals surface area contributed by atoms with Gasteiger partial charge in [0.2, 0.25) is 0 Å². The van der Waals surface area contributed by atoms with Crippen molar-refractivity contribution in [1.82, 2.24) is 0 Å². The van der Waals surface area contributed by atoms with E-state index in [4.69, 9.17) is 14.2 Å². The number of carbonyl (C=O) groups is 3. The summed E-state index contributed by atoms with van der Waals surface area (Å²) in [5.41, 5.74) is 0. The highest BCUT2D eigenvalue weighted by Gasteiger charge is 2.19. The maximum absolute atomic E-state index is 12.8. The molecule has 1 unspecified atom stereocenters. The fraction of sp³-hybridized carbons (Fsp3) is 0.716. The number of allylic oxidation sites excluding steroid dienone is 16. The van der Waals surface area contributed by atoms with Gasteiger partial charge in [0.15, 0.2) is 6.10 Å². The molecule has 6 nitrogen and oxygen atoms in total. The van der Waals surface area contributed by atoms with Crippen molar-refractivity contribution in [3.8, 4) is 0 Å². The van der Waals surface area contributed by atoms with Crippen LogP contribution in [0.5, 0.6) is 0 Å². The topological polar surface area (TPSA) is 78.9 Å². The normalized spacial score (nSPS) is 12.8. The first-order valence-electron chi connectivity index (χ1n) is 30.7. The molecule has 0 rings (SSSR count). The summed E-state index contributed by atoms with van der Waals surface area (Å²) < 4.78 is 16.8. The maximum atomic E-state index is 12.8. The zero-order valence-electron chi connectivity index (χ0n) is 47.9. The Hall–Kier alpha value is -3.67. The SMILES string of the molecule is CC/C=C\C/C=C\C/C=C\C/C=C\C/C=C\C/C=C\C/C=C\CCCCCCCCCCCCCC(=O)OCC(COC(=O)CCCCCCCC)OC(=O)CCCCCCC/C=C\CCCCCCCCC. The molecule has 418 valence electrons. The predicted octanol–water partition coefficient (Wildman–Crippen LogP) is 20.9. The van der Waals surface area contributed by atoms with Crippen LogP contribution in [0, 0.1) is 0 Å². The summed E-state index contributed by atoms with van der Waals surface area (Å²) in [6, 6.07) is 0. The van der Waals surface area contributed by atoms with Crippen LogP contribution in [0.25, 0.3) is 0 Å². The Morgan fingerprint density at radius 2 is 0.534 bits per heavy atom. The number of carbonyl (C=O) groups excluding carboxylic acids is 3. The van der Waals surface area contributed by atoms with E-state index in [9.17, 15) is 14.4 Å². The summed E-state index contributed by atoms with van der Waals surface area (Å²) in [6.45, 7) is 6.47. The second-order valence-corrected chi connectivity index (χ2v) is 20.2. The lowest BCUT2D eigenvalue weighted by atomic mass is 10.0. The minimum absolute atomic E-state index is 0.0795. The fourth-order valence-corrected chi connectivity index (χ4v) is 8.48. The first-order valence-corrected chi connectivity index (χ1v) is 30.7. The zero-order valence-corrected chi connectivity index (χ0v) is 47.9. The van der Waals surface area contributed by atoms with Crippen LogP contribution in [0.2, 0.25) is 0 Å². The molecule has 0 radical (unpaired) electrons. The van der Waals surface area contributed by atoms with Gasteiger partial charge < -0.3 is 14.2 Å². The molecule has 0 heterocycles. The van der Waals surface area contributed by atoms with Gasteiger partial charge in [-0.15, -0.1) is 0 Å². The molecule has 0 amide bonds. The quantitative estimate of drug-likeness (QED) is 0.0261. The molecule has 0 fully saturated rings. The average molecular weight is 1020 g/mol. The van der Waals surface area contributed by atoms with Gasteiger partial charge in [-0.25, -0.2) is 0 Å². The van der Waals surface area contributed by atoms with Crippen LogP contribution in [0.15, 0.2) is 97.2 Å². The highest BCUT2D eigenvalue weighted by molar-refractivity contribution is 5.71. The first kappa shape index (κ1) is 69.3. The lowest BCUT2D eigenvalue weighted by molar-refractivity contribution is -0.167. The third-order valence-electron chi connectivity index (χ3n) is 13.1. The van der Waals surface area contributed by atoms with Crippen molar-refractivity contribution in [3.05, 3.63) is 97.2 Å². The minimum atomic E-state index is -0.778. The van der Waals surface area contributed by atoms with Crippen molar-refractivity contribution in [1.29, 1.82) is 0 Å². The van der Waals surface area contributed by atoms with Gasteiger partial charge in [0, 0.05) is 19.3 Å². The Morgan fingerprint density at radius 1 is 0.288 bits per heavy atom. The molecule has 1 atom stereocenters. The van der Waals surface area contributed by atoms with Gasteiger partial charge >= 0.3 is 17.9 Å². The van der Waals surface area contributed by atoms with E-state index in [-0.39, 0.29) is 31.1 Å². The summed E-state index contributed by atoms with van der Waals surface area (Å²) in [6.07, 6.45) is 81.6. The van der Waals surface area contributed by atoms with Gasteiger partial charge in [0.05, 0.1) is 0 Å². The molecule has 0 bridgehead atoms. The zero-order chi connectivity index (χ0) is 52.9. The van der Waals surface area contributed by atoms with E-state index in [0.29, 0.717) is 19.3 Å². The van der Waals surface area contributed by atoms with E-state index in [1.807, 2.05) is 0 Å². The van der Waals surface area contributed by atoms with Crippen molar-refractivity contribution in [2.24, 2.45) is 0 Å². The highest BCUT2D eigenvalue weighted by atomic mass is 16.6. The standard InChI is InChI=1S/C67H114O6/c1-4-7-10-13-16-18-20-22-24-26-27-28-29-30-31-32-33-34-35-36-37-38-39-40-41-42-44-45-47-49-51-54-57-60-66(69)72-63-64(62-71-65(68)59-56-53-15-12-9-6-3)73-67(70)61-58-55-52-50-48-46-43-25-23-21-19-17-14-11-8-5-2/h7,10,16,18,22,24-25,27-28,30-31,33-34,36-37,43,64H,4-6,8-9,11-15,17,19-21,23,26,29,32,35,38-42,44-63H2,1-3H3/b10-7-,18-16-,24-22-,28-27-,31-30-,34-33-,37-36-,43-25-. The molecule has 0 saturated heterocycles. The summed E-state index contributed by atoms with van der Waals surface area (Å²) in [5, 5.41) is 0. The van der Waals surface area contributed by atoms with Gasteiger partial charge in [-0.05, 0) is 103 Å². The number of hydrogen-bond donors (Lipinski definition) is 0. The number of esters is 3. The van der Waals surface area contributed by atoms with Gasteiger partial charge in [-0.1, -0.05) is 266 Å². The summed E-state index contributed by atoms with van der Waals surface area (Å²) >= 11 is 0. The average Bonchev–Trinajstić information content (AvgIpc) is 3.39. The highest BCUT2D eigenvalue weighted by Crippen LogP contribution is 2.15. The molecule has 0 saturated carbocycles. The largest absolute Gasteiger partial charge is 0.462 e. The third-order valence-corrected chi connectivity index (χ3v) is 13.1. The van der Waals surface area contributed by atoms with Crippen LogP contribution in [-0.2, 0) is 28.6 Å². The van der Waals surface area contributed by atoms with E-state index in [0.717, 1.165) is 116 Å². The molecule has 0 aliphatic rings. The first-order chi connectivity index (χ1) is 36.0.